The molecule has 0 spiro atoms. The van der Waals surface area contributed by atoms with Crippen molar-refractivity contribution in [2.75, 3.05) is 25.4 Å². The van der Waals surface area contributed by atoms with Gasteiger partial charge in [0.15, 0.2) is 10.9 Å². The first-order valence-electron chi connectivity index (χ1n) is 12.3. The summed E-state index contributed by atoms with van der Waals surface area (Å²) >= 11 is 1.35. The fourth-order valence-corrected chi connectivity index (χ4v) is 5.38. The molecule has 0 bridgehead atoms. The number of carbonyl (C=O) groups is 2. The molecule has 2 aromatic heterocycles. The molecule has 0 radical (unpaired) electrons. The largest absolute Gasteiger partial charge is 0.461 e. The molecule has 3 heterocycles. The lowest BCUT2D eigenvalue weighted by Crippen LogP contribution is -2.55. The number of nitrogens with zero attached hydrogens (tertiary/aromatic N) is 5. The van der Waals surface area contributed by atoms with Crippen molar-refractivity contribution >= 4 is 23.6 Å². The number of furan rings is 1. The molecule has 1 unspecified atom stereocenters. The molecule has 8 nitrogen and oxygen atoms in total. The Morgan fingerprint density at radius 2 is 1.78 bits per heavy atom. The monoisotopic (exact) mass is 515 g/mol. The van der Waals surface area contributed by atoms with Crippen LogP contribution in [0.3, 0.4) is 0 Å². The molecule has 0 aliphatic carbocycles. The van der Waals surface area contributed by atoms with Gasteiger partial charge in [-0.25, -0.2) is 0 Å². The minimum Gasteiger partial charge on any atom is -0.461 e. The molecular formula is C28H29N5O3S. The summed E-state index contributed by atoms with van der Waals surface area (Å²) < 4.78 is 7.49. The van der Waals surface area contributed by atoms with Crippen LogP contribution < -0.4 is 0 Å². The number of hydrogen-bond acceptors (Lipinski definition) is 6. The first kappa shape index (κ1) is 24.8. The van der Waals surface area contributed by atoms with E-state index in [9.17, 15) is 9.59 Å². The van der Waals surface area contributed by atoms with E-state index in [4.69, 9.17) is 4.42 Å². The van der Waals surface area contributed by atoms with Crippen molar-refractivity contribution in [3.05, 3.63) is 83.6 Å². The average molecular weight is 516 g/mol. The van der Waals surface area contributed by atoms with Gasteiger partial charge in [0.2, 0.25) is 11.7 Å². The highest BCUT2D eigenvalue weighted by molar-refractivity contribution is 7.99. The molecule has 1 atom stereocenters. The van der Waals surface area contributed by atoms with Gasteiger partial charge in [0.1, 0.15) is 0 Å². The fourth-order valence-electron chi connectivity index (χ4n) is 4.53. The van der Waals surface area contributed by atoms with E-state index in [1.54, 1.807) is 6.26 Å². The molecule has 1 saturated heterocycles. The van der Waals surface area contributed by atoms with E-state index in [0.717, 1.165) is 16.8 Å². The van der Waals surface area contributed by atoms with Gasteiger partial charge >= 0.3 is 0 Å². The van der Waals surface area contributed by atoms with Crippen molar-refractivity contribution in [3.63, 3.8) is 0 Å². The van der Waals surface area contributed by atoms with Crippen LogP contribution in [0.25, 0.3) is 17.3 Å². The summed E-state index contributed by atoms with van der Waals surface area (Å²) in [4.78, 5) is 30.0. The molecule has 1 fully saturated rings. The highest BCUT2D eigenvalue weighted by Crippen LogP contribution is 2.29. The number of rotatable bonds is 6. The number of hydrogen-bond donors (Lipinski definition) is 0. The molecular weight excluding hydrogens is 486 g/mol. The Morgan fingerprint density at radius 3 is 2.49 bits per heavy atom. The van der Waals surface area contributed by atoms with Gasteiger partial charge in [-0.15, -0.1) is 10.2 Å². The highest BCUT2D eigenvalue weighted by atomic mass is 32.2. The maximum Gasteiger partial charge on any atom is 0.254 e. The van der Waals surface area contributed by atoms with E-state index >= 15 is 0 Å². The van der Waals surface area contributed by atoms with Gasteiger partial charge in [0.05, 0.1) is 12.0 Å². The quantitative estimate of drug-likeness (QED) is 0.349. The third-order valence-corrected chi connectivity index (χ3v) is 7.52. The first-order valence-corrected chi connectivity index (χ1v) is 13.2. The summed E-state index contributed by atoms with van der Waals surface area (Å²) in [5.74, 6) is 1.44. The number of carbonyl (C=O) groups excluding carboxylic acids is 2. The predicted molar refractivity (Wildman–Crippen MR) is 143 cm³/mol. The van der Waals surface area contributed by atoms with E-state index in [1.807, 2.05) is 95.8 Å². The average Bonchev–Trinajstić information content (AvgIpc) is 3.58. The van der Waals surface area contributed by atoms with Gasteiger partial charge in [0, 0.05) is 36.9 Å². The van der Waals surface area contributed by atoms with E-state index in [0.29, 0.717) is 41.9 Å². The van der Waals surface area contributed by atoms with Crippen LogP contribution in [-0.4, -0.2) is 67.8 Å². The minimum absolute atomic E-state index is 0.0119. The topological polar surface area (TPSA) is 84.5 Å². The molecule has 2 aromatic carbocycles. The normalized spacial score (nSPS) is 15.7. The highest BCUT2D eigenvalue weighted by Gasteiger charge is 2.31. The van der Waals surface area contributed by atoms with Gasteiger partial charge in [-0.3, -0.25) is 14.2 Å². The Hall–Kier alpha value is -3.85. The summed E-state index contributed by atoms with van der Waals surface area (Å²) in [5, 5.41) is 9.34. The molecule has 37 heavy (non-hydrogen) atoms. The van der Waals surface area contributed by atoms with Crippen molar-refractivity contribution < 1.29 is 14.0 Å². The third kappa shape index (κ3) is 5.17. The molecule has 2 amide bonds. The van der Waals surface area contributed by atoms with Gasteiger partial charge in [-0.2, -0.15) is 0 Å². The second-order valence-corrected chi connectivity index (χ2v) is 10.2. The van der Waals surface area contributed by atoms with Gasteiger partial charge in [-0.1, -0.05) is 47.7 Å². The van der Waals surface area contributed by atoms with Crippen LogP contribution >= 0.6 is 11.8 Å². The zero-order chi connectivity index (χ0) is 25.9. The Balaban J connectivity index is 1.27. The van der Waals surface area contributed by atoms with E-state index < -0.39 is 0 Å². The SMILES string of the molecule is Cc1ccc(-n2c(SCC(=O)N3CCN(C(=O)c4ccccc4C)C(C)C3)nnc2-c2ccco2)cc1. The van der Waals surface area contributed by atoms with Crippen molar-refractivity contribution in [1.29, 1.82) is 0 Å². The molecule has 9 heteroatoms. The third-order valence-electron chi connectivity index (χ3n) is 6.61. The molecule has 4 aromatic rings. The second kappa shape index (κ2) is 10.6. The summed E-state index contributed by atoms with van der Waals surface area (Å²) in [6, 6.07) is 19.3. The van der Waals surface area contributed by atoms with Crippen LogP contribution in [0.1, 0.15) is 28.4 Å². The smallest absolute Gasteiger partial charge is 0.254 e. The summed E-state index contributed by atoms with van der Waals surface area (Å²) in [7, 11) is 0. The first-order chi connectivity index (χ1) is 17.9. The Kier molecular flexibility index (Phi) is 7.14. The van der Waals surface area contributed by atoms with E-state index in [-0.39, 0.29) is 23.6 Å². The number of aryl methyl sites for hydroxylation is 2. The predicted octanol–water partition coefficient (Wildman–Crippen LogP) is 4.61. The van der Waals surface area contributed by atoms with Crippen LogP contribution in [0.2, 0.25) is 0 Å². The summed E-state index contributed by atoms with van der Waals surface area (Å²) in [5.41, 5.74) is 3.72. The Bertz CT molecular complexity index is 1400. The Labute approximate surface area is 220 Å². The number of benzene rings is 2. The molecule has 1 aliphatic rings. The lowest BCUT2D eigenvalue weighted by molar-refractivity contribution is -0.130. The molecule has 0 saturated carbocycles. The lowest BCUT2D eigenvalue weighted by atomic mass is 10.1. The van der Waals surface area contributed by atoms with Gasteiger partial charge in [0.25, 0.3) is 5.91 Å². The van der Waals surface area contributed by atoms with Crippen molar-refractivity contribution in [2.24, 2.45) is 0 Å². The minimum atomic E-state index is -0.0726. The summed E-state index contributed by atoms with van der Waals surface area (Å²) in [6.07, 6.45) is 1.60. The number of aromatic nitrogens is 3. The van der Waals surface area contributed by atoms with Gasteiger partial charge < -0.3 is 14.2 Å². The van der Waals surface area contributed by atoms with Crippen LogP contribution in [0, 0.1) is 13.8 Å². The molecule has 5 rings (SSSR count). The zero-order valence-corrected chi connectivity index (χ0v) is 21.9. The number of amides is 2. The van der Waals surface area contributed by atoms with E-state index in [1.165, 1.54) is 11.8 Å². The summed E-state index contributed by atoms with van der Waals surface area (Å²) in [6.45, 7) is 7.48. The molecule has 190 valence electrons. The second-order valence-electron chi connectivity index (χ2n) is 9.25. The Morgan fingerprint density at radius 1 is 1.00 bits per heavy atom. The van der Waals surface area contributed by atoms with Crippen molar-refractivity contribution in [3.8, 4) is 17.3 Å². The zero-order valence-electron chi connectivity index (χ0n) is 21.1. The maximum absolute atomic E-state index is 13.2. The standard InChI is InChI=1S/C28H29N5O3S/c1-19-10-12-22(13-11-19)33-26(24-9-6-16-36-24)29-30-28(33)37-18-25(34)31-14-15-32(21(3)17-31)27(35)23-8-5-4-7-20(23)2/h4-13,16,21H,14-15,17-18H2,1-3H3. The number of thioether (sulfide) groups is 1. The fraction of sp³-hybridized carbons (Fsp3) is 0.286. The van der Waals surface area contributed by atoms with Gasteiger partial charge in [-0.05, 0) is 56.7 Å². The van der Waals surface area contributed by atoms with Crippen molar-refractivity contribution in [2.45, 2.75) is 32.0 Å². The van der Waals surface area contributed by atoms with E-state index in [2.05, 4.69) is 10.2 Å². The lowest BCUT2D eigenvalue weighted by Gasteiger charge is -2.40. The molecule has 1 aliphatic heterocycles. The molecule has 0 N–H and O–H groups in total. The van der Waals surface area contributed by atoms with Crippen LogP contribution in [0.4, 0.5) is 0 Å². The maximum atomic E-state index is 13.2. The van der Waals surface area contributed by atoms with Crippen molar-refractivity contribution in [1.82, 2.24) is 24.6 Å². The van der Waals surface area contributed by atoms with Crippen LogP contribution in [-0.2, 0) is 4.79 Å². The number of piperazine rings is 1. The van der Waals surface area contributed by atoms with Crippen LogP contribution in [0.15, 0.2) is 76.5 Å². The van der Waals surface area contributed by atoms with Crippen LogP contribution in [0.5, 0.6) is 0 Å².